The van der Waals surface area contributed by atoms with Gasteiger partial charge in [0.2, 0.25) is 65.0 Å². The number of halogens is 4. The van der Waals surface area contributed by atoms with Crippen molar-refractivity contribution in [2.45, 2.75) is 205 Å². The monoisotopic (exact) mass is 1680 g/mol. The number of nitrogens with zero attached hydrogens (tertiary/aromatic N) is 4. The molecule has 10 atom stereocenters. The fourth-order valence-corrected chi connectivity index (χ4v) is 12.8. The summed E-state index contributed by atoms with van der Waals surface area (Å²) in [5.41, 5.74) is 7.61. The predicted octanol–water partition coefficient (Wildman–Crippen LogP) is 2.91. The molecule has 0 saturated carbocycles. The molecule has 4 aromatic carbocycles. The number of pyridine rings is 1. The highest BCUT2D eigenvalue weighted by molar-refractivity contribution is 6.30. The van der Waals surface area contributed by atoms with Crippen LogP contribution in [0, 0.1) is 5.92 Å². The quantitative estimate of drug-likeness (QED) is 0.0151. The largest absolute Gasteiger partial charge is 0.508 e. The van der Waals surface area contributed by atoms with Crippen LogP contribution in [0.1, 0.15) is 135 Å². The summed E-state index contributed by atoms with van der Waals surface area (Å²) in [6, 6.07) is 15.3. The Labute approximate surface area is 695 Å². The number of carbonyl (C=O) groups is 12. The highest BCUT2D eigenvalue weighted by Gasteiger charge is 2.41. The number of hydrogen-bond donors (Lipinski definition) is 17. The van der Waals surface area contributed by atoms with Crippen LogP contribution < -0.4 is 74.9 Å². The lowest BCUT2D eigenvalue weighted by molar-refractivity contribution is -0.192. The number of rotatable bonds is 44. The maximum Gasteiger partial charge on any atom is 0.490 e. The fourth-order valence-electron chi connectivity index (χ4n) is 12.7. The number of primary amides is 1. The van der Waals surface area contributed by atoms with E-state index in [1.54, 1.807) is 36.4 Å². The van der Waals surface area contributed by atoms with Gasteiger partial charge in [-0.2, -0.15) is 13.2 Å². The van der Waals surface area contributed by atoms with Gasteiger partial charge in [-0.25, -0.2) is 4.79 Å². The number of phenolic OH excluding ortho intramolecular Hbond substituents is 1. The molecule has 6 rings (SSSR count). The zero-order valence-corrected chi connectivity index (χ0v) is 69.0. The number of aliphatic hydroxyl groups excluding tert-OH is 1. The summed E-state index contributed by atoms with van der Waals surface area (Å²) in [7, 11) is 0. The molecule has 119 heavy (non-hydrogen) atoms. The van der Waals surface area contributed by atoms with E-state index in [0.29, 0.717) is 104 Å². The second-order valence-corrected chi connectivity index (χ2v) is 29.3. The first-order chi connectivity index (χ1) is 56.7. The van der Waals surface area contributed by atoms with E-state index in [2.05, 4.69) is 84.1 Å². The number of aromatic nitrogens is 1. The van der Waals surface area contributed by atoms with Crippen molar-refractivity contribution in [2.75, 3.05) is 52.4 Å². The molecule has 37 heteroatoms. The number of guanidine groups is 2. The number of likely N-dealkylation sites (tertiary alicyclic amines) is 1. The average molecular weight is 1680 g/mol. The summed E-state index contributed by atoms with van der Waals surface area (Å²) in [6.07, 6.45) is -0.316. The Kier molecular flexibility index (Phi) is 41.8. The summed E-state index contributed by atoms with van der Waals surface area (Å²) in [4.78, 5) is 181. The Morgan fingerprint density at radius 1 is 0.538 bits per heavy atom. The first-order valence-corrected chi connectivity index (χ1v) is 40.2. The Morgan fingerprint density at radius 2 is 0.966 bits per heavy atom. The molecule has 0 aliphatic carbocycles. The van der Waals surface area contributed by atoms with Gasteiger partial charge < -0.3 is 95.1 Å². The van der Waals surface area contributed by atoms with Crippen LogP contribution in [-0.2, 0) is 83.2 Å². The van der Waals surface area contributed by atoms with Gasteiger partial charge in [-0.3, -0.25) is 67.7 Å². The van der Waals surface area contributed by atoms with Gasteiger partial charge in [-0.15, -0.1) is 0 Å². The number of benzene rings is 4. The van der Waals surface area contributed by atoms with Gasteiger partial charge in [0.15, 0.2) is 11.9 Å². The summed E-state index contributed by atoms with van der Waals surface area (Å²) >= 11 is 6.26. The molecule has 18 N–H and O–H groups in total. The third kappa shape index (κ3) is 34.8. The van der Waals surface area contributed by atoms with E-state index in [1.807, 2.05) is 84.0 Å². The molecular weight excluding hydrogens is 1570 g/mol. The third-order valence-corrected chi connectivity index (χ3v) is 19.0. The highest BCUT2D eigenvalue weighted by Crippen LogP contribution is 2.23. The van der Waals surface area contributed by atoms with Gasteiger partial charge in [-0.1, -0.05) is 98.2 Å². The third-order valence-electron chi connectivity index (χ3n) is 18.7. The number of carboxylic acids is 1. The molecule has 650 valence electrons. The first-order valence-electron chi connectivity index (χ1n) is 39.8. The molecule has 1 aliphatic heterocycles. The van der Waals surface area contributed by atoms with Crippen LogP contribution in [0.3, 0.4) is 0 Å². The lowest BCUT2D eigenvalue weighted by Crippen LogP contribution is -2.61. The van der Waals surface area contributed by atoms with Crippen molar-refractivity contribution in [3.63, 3.8) is 0 Å². The van der Waals surface area contributed by atoms with Crippen molar-refractivity contribution < 1.29 is 86.0 Å². The number of aliphatic carboxylic acids is 1. The van der Waals surface area contributed by atoms with Crippen molar-refractivity contribution in [2.24, 2.45) is 21.6 Å². The zero-order valence-electron chi connectivity index (χ0n) is 68.3. The van der Waals surface area contributed by atoms with Gasteiger partial charge >= 0.3 is 12.1 Å². The lowest BCUT2D eigenvalue weighted by atomic mass is 9.99. The molecule has 1 aliphatic rings. The van der Waals surface area contributed by atoms with Crippen LogP contribution in [0.2, 0.25) is 5.02 Å². The Hall–Kier alpha value is -11.7. The van der Waals surface area contributed by atoms with Crippen molar-refractivity contribution in [1.82, 2.24) is 79.0 Å². The number of nitrogens with one attached hydrogen (secondary N) is 13. The Balaban J connectivity index is 0.00000344. The van der Waals surface area contributed by atoms with E-state index in [-0.39, 0.29) is 76.0 Å². The van der Waals surface area contributed by atoms with Gasteiger partial charge in [0, 0.05) is 95.8 Å². The number of aliphatic imine (C=N–C) groups is 2. The lowest BCUT2D eigenvalue weighted by Gasteiger charge is -2.31. The number of hydrogen-bond acceptors (Lipinski definition) is 17. The second-order valence-electron chi connectivity index (χ2n) is 28.8. The number of carboxylic acid groups (broad SMARTS) is 1. The van der Waals surface area contributed by atoms with E-state index in [0.717, 1.165) is 10.8 Å². The maximum atomic E-state index is 15.2. The summed E-state index contributed by atoms with van der Waals surface area (Å²) < 4.78 is 31.7. The number of alkyl halides is 3. The number of aliphatic hydroxyl groups is 1. The van der Waals surface area contributed by atoms with E-state index in [1.165, 1.54) is 55.4 Å². The van der Waals surface area contributed by atoms with Crippen LogP contribution in [0.15, 0.2) is 126 Å². The van der Waals surface area contributed by atoms with Gasteiger partial charge in [0.25, 0.3) is 0 Å². The van der Waals surface area contributed by atoms with Gasteiger partial charge in [-0.05, 0) is 162 Å². The molecular formula is C82H114ClF3N18O15. The molecule has 1 fully saturated rings. The van der Waals surface area contributed by atoms with Gasteiger partial charge in [0.05, 0.1) is 6.61 Å². The average Bonchev–Trinajstić information content (AvgIpc) is 1.80. The number of fused-ring (bicyclic) bond motifs is 1. The molecule has 1 saturated heterocycles. The molecule has 0 spiro atoms. The number of amides is 11. The molecule has 1 aromatic heterocycles. The standard InChI is InChI=1S/C80H113ClN18O13.C2HF3O2/c1-9-84-79(85-10-2)88-38-17-15-24-60(70(104)94-62(41-49(5)6)71(105)93-61(25-16-18-39-89-80(86-11-3)87-12-4)78(112)99-40-20-26-68(99)77(111)90-50(7)69(82)103)92-73(107)64(44-53-30-35-59(102)36-31-53)97-76(110)67(48-100)98-75(109)66(46-55-21-19-37-83-47-55)96-74(108)65(43-52-28-33-58(81)34-29-52)95-72(106)63(91-51(8)101)45-54-27-32-56-22-13-14-23-57(56)42-54;3-2(4,5)1(6)7/h13-14,19,21-23,27-37,42,47,49-50,60-68,100,102H,9-12,15-18,20,24-26,38-41,43-46,48H2,1-8H3,(H2,82,103)(H,90,111)(H,91,101)(H,92,107)(H,93,105)(H,94,104)(H,95,106)(H,96,108)(H,97,110)(H,98,109)(H2,84,85,88)(H2,86,87,89);(H,6,7)/t50-,60+,61+,62+,63-,64+,65-,66-,67+,68+;/m1./s1. The predicted molar refractivity (Wildman–Crippen MR) is 442 cm³/mol. The Morgan fingerprint density at radius 3 is 1.45 bits per heavy atom. The van der Waals surface area contributed by atoms with Crippen LogP contribution in [-0.4, -0.2) is 227 Å². The van der Waals surface area contributed by atoms with Crippen LogP contribution in [0.4, 0.5) is 13.2 Å². The smallest absolute Gasteiger partial charge is 0.490 e. The minimum atomic E-state index is -5.08. The van der Waals surface area contributed by atoms with E-state index in [4.69, 9.17) is 27.2 Å². The highest BCUT2D eigenvalue weighted by atomic mass is 35.5. The number of carbonyl (C=O) groups excluding carboxylic acids is 11. The van der Waals surface area contributed by atoms with Crippen LogP contribution >= 0.6 is 11.6 Å². The second kappa shape index (κ2) is 50.8. The number of phenols is 1. The number of unbranched alkanes of at least 4 members (excludes halogenated alkanes) is 2. The van der Waals surface area contributed by atoms with Crippen molar-refractivity contribution in [1.29, 1.82) is 0 Å². The first kappa shape index (κ1) is 97.9. The Bertz CT molecular complexity index is 4210. The molecule has 0 radical (unpaired) electrons. The topological polar surface area (TPSA) is 489 Å². The van der Waals surface area contributed by atoms with Crippen LogP contribution in [0.5, 0.6) is 5.75 Å². The van der Waals surface area contributed by atoms with E-state index in [9.17, 15) is 66.5 Å². The zero-order chi connectivity index (χ0) is 87.7. The summed E-state index contributed by atoms with van der Waals surface area (Å²) in [6.45, 7) is 16.3. The molecule has 2 heterocycles. The minimum Gasteiger partial charge on any atom is -0.508 e. The van der Waals surface area contributed by atoms with Crippen molar-refractivity contribution in [3.05, 3.63) is 143 Å². The van der Waals surface area contributed by atoms with Crippen molar-refractivity contribution >= 4 is 105 Å². The van der Waals surface area contributed by atoms with Gasteiger partial charge in [0.1, 0.15) is 66.2 Å². The minimum absolute atomic E-state index is 0.0365. The SMILES string of the molecule is CCNC(=NCCCC[C@H](NC(=O)[C@H](Cc1ccc(O)cc1)NC(=O)[C@H](CO)NC(=O)[C@@H](Cc1cccnc1)NC(=O)[C@@H](Cc1ccc(Cl)cc1)NC(=O)[C@@H](Cc1ccc2ccccc2c1)NC(C)=O)C(=O)N[C@@H](CC(C)C)C(=O)N[C@@H](CCCCN=C(NCC)NCC)C(=O)N1CCC[C@H]1C(=O)N[C@H](C)C(N)=O)NCC.O=C(O)C(F)(F)F. The summed E-state index contributed by atoms with van der Waals surface area (Å²) in [5.74, 6) is -10.5. The van der Waals surface area contributed by atoms with Crippen LogP contribution in [0.25, 0.3) is 10.8 Å². The molecule has 11 amide bonds. The molecule has 0 unspecified atom stereocenters. The number of nitrogens with two attached hydrogens (primary N) is 1. The normalized spacial score (nSPS) is 14.6. The molecule has 0 bridgehead atoms. The van der Waals surface area contributed by atoms with Crippen molar-refractivity contribution in [3.8, 4) is 5.75 Å². The maximum absolute atomic E-state index is 15.2. The summed E-state index contributed by atoms with van der Waals surface area (Å²) in [5, 5.41) is 68.1. The number of aromatic hydroxyl groups is 1. The van der Waals surface area contributed by atoms with E-state index < -0.39 is 144 Å². The van der Waals surface area contributed by atoms with E-state index >= 15 is 9.59 Å². The molecule has 33 nitrogen and oxygen atoms in total. The molecule has 5 aromatic rings. The fraction of sp³-hybridized carbons (Fsp3) is 0.500.